The smallest absolute Gasteiger partial charge is 0.435 e. The van der Waals surface area contributed by atoms with Crippen molar-refractivity contribution >= 4 is 11.6 Å². The van der Waals surface area contributed by atoms with Crippen molar-refractivity contribution in [3.05, 3.63) is 59.8 Å². The van der Waals surface area contributed by atoms with E-state index < -0.39 is 29.5 Å². The van der Waals surface area contributed by atoms with Gasteiger partial charge in [-0.3, -0.25) is 4.79 Å². The maximum atomic E-state index is 13.3. The van der Waals surface area contributed by atoms with Crippen LogP contribution in [0.15, 0.2) is 48.5 Å². The van der Waals surface area contributed by atoms with Crippen LogP contribution >= 0.6 is 0 Å². The van der Waals surface area contributed by atoms with E-state index in [9.17, 15) is 31.1 Å². The van der Waals surface area contributed by atoms with Crippen LogP contribution in [0.1, 0.15) is 11.3 Å². The lowest BCUT2D eigenvalue weighted by molar-refractivity contribution is -0.141. The molecule has 0 atom stereocenters. The Morgan fingerprint density at radius 2 is 1.73 bits per heavy atom. The minimum absolute atomic E-state index is 0.107. The van der Waals surface area contributed by atoms with Gasteiger partial charge in [0.25, 0.3) is 5.91 Å². The third-order valence-corrected chi connectivity index (χ3v) is 4.33. The van der Waals surface area contributed by atoms with Crippen molar-refractivity contribution in [2.75, 3.05) is 11.9 Å². The molecule has 1 N–H and O–H groups in total. The molecule has 2 aromatic carbocycles. The summed E-state index contributed by atoms with van der Waals surface area (Å²) in [6.07, 6.45) is -9.49. The van der Waals surface area contributed by atoms with Gasteiger partial charge in [-0.05, 0) is 42.5 Å². The van der Waals surface area contributed by atoms with Crippen LogP contribution in [0.5, 0.6) is 5.75 Å². The Labute approximate surface area is 164 Å². The van der Waals surface area contributed by atoms with Crippen LogP contribution < -0.4 is 10.1 Å². The Kier molecular flexibility index (Phi) is 4.48. The van der Waals surface area contributed by atoms with Gasteiger partial charge >= 0.3 is 12.4 Å². The SMILES string of the molecule is O=C1COc2ccc(-c3cc(C(F)(F)F)nn3-c3cccc(C(F)(F)F)c3)cc2N1. The number of nitrogens with one attached hydrogen (secondary N) is 1. The zero-order chi connectivity index (χ0) is 21.7. The highest BCUT2D eigenvalue weighted by atomic mass is 19.4. The Hall–Kier alpha value is -3.50. The molecule has 5 nitrogen and oxygen atoms in total. The Balaban J connectivity index is 1.88. The number of ether oxygens (including phenoxy) is 1. The van der Waals surface area contributed by atoms with Crippen LogP contribution in [-0.4, -0.2) is 22.3 Å². The van der Waals surface area contributed by atoms with Gasteiger partial charge in [-0.2, -0.15) is 31.4 Å². The lowest BCUT2D eigenvalue weighted by Crippen LogP contribution is -2.25. The van der Waals surface area contributed by atoms with E-state index in [1.54, 1.807) is 0 Å². The van der Waals surface area contributed by atoms with E-state index in [1.807, 2.05) is 0 Å². The second-order valence-electron chi connectivity index (χ2n) is 6.42. The van der Waals surface area contributed by atoms with E-state index in [0.29, 0.717) is 11.8 Å². The fourth-order valence-corrected chi connectivity index (χ4v) is 2.98. The number of fused-ring (bicyclic) bond motifs is 1. The number of carbonyl (C=O) groups excluding carboxylic acids is 1. The molecular weight excluding hydrogens is 416 g/mol. The molecule has 0 radical (unpaired) electrons. The number of alkyl halides is 6. The van der Waals surface area contributed by atoms with Gasteiger partial charge in [0.2, 0.25) is 0 Å². The average Bonchev–Trinajstić information content (AvgIpc) is 3.13. The molecule has 0 bridgehead atoms. The summed E-state index contributed by atoms with van der Waals surface area (Å²) in [5.41, 5.74) is -2.18. The van der Waals surface area contributed by atoms with Crippen LogP contribution in [0.3, 0.4) is 0 Å². The number of halogens is 6. The fourth-order valence-electron chi connectivity index (χ4n) is 2.98. The molecule has 0 fully saturated rings. The second-order valence-corrected chi connectivity index (χ2v) is 6.42. The molecule has 0 aliphatic carbocycles. The molecule has 4 rings (SSSR count). The Morgan fingerprint density at radius 1 is 0.967 bits per heavy atom. The summed E-state index contributed by atoms with van der Waals surface area (Å²) in [6, 6.07) is 8.79. The molecule has 1 aliphatic heterocycles. The highest BCUT2D eigenvalue weighted by Gasteiger charge is 2.36. The first-order chi connectivity index (χ1) is 14.0. The van der Waals surface area contributed by atoms with Gasteiger partial charge in [0.05, 0.1) is 22.6 Å². The van der Waals surface area contributed by atoms with Gasteiger partial charge in [0.15, 0.2) is 12.3 Å². The van der Waals surface area contributed by atoms with Gasteiger partial charge in [-0.25, -0.2) is 4.68 Å². The van der Waals surface area contributed by atoms with Crippen molar-refractivity contribution in [2.45, 2.75) is 12.4 Å². The lowest BCUT2D eigenvalue weighted by Gasteiger charge is -2.19. The molecular formula is C19H11F6N3O2. The zero-order valence-electron chi connectivity index (χ0n) is 14.8. The van der Waals surface area contributed by atoms with Crippen LogP contribution in [0.2, 0.25) is 0 Å². The lowest BCUT2D eigenvalue weighted by atomic mass is 10.1. The molecule has 11 heteroatoms. The molecule has 3 aromatic rings. The van der Waals surface area contributed by atoms with Crippen molar-refractivity contribution in [3.8, 4) is 22.7 Å². The monoisotopic (exact) mass is 427 g/mol. The predicted octanol–water partition coefficient (Wildman–Crippen LogP) is 4.91. The van der Waals surface area contributed by atoms with Crippen molar-refractivity contribution in [2.24, 2.45) is 0 Å². The van der Waals surface area contributed by atoms with Crippen LogP contribution in [0, 0.1) is 0 Å². The van der Waals surface area contributed by atoms with Gasteiger partial charge in [0, 0.05) is 5.56 Å². The standard InChI is InChI=1S/C19H11F6N3O2/c20-18(21,22)11-2-1-3-12(7-11)28-14(8-16(27-28)19(23,24)25)10-4-5-15-13(6-10)26-17(29)9-30-15/h1-8H,9H2,(H,26,29). The number of carbonyl (C=O) groups is 1. The first kappa shape index (κ1) is 19.8. The summed E-state index contributed by atoms with van der Waals surface area (Å²) < 4.78 is 85.0. The van der Waals surface area contributed by atoms with E-state index >= 15 is 0 Å². The minimum Gasteiger partial charge on any atom is -0.482 e. The molecule has 0 spiro atoms. The van der Waals surface area contributed by atoms with E-state index in [2.05, 4.69) is 10.4 Å². The van der Waals surface area contributed by atoms with Crippen molar-refractivity contribution in [3.63, 3.8) is 0 Å². The molecule has 30 heavy (non-hydrogen) atoms. The largest absolute Gasteiger partial charge is 0.482 e. The summed E-state index contributed by atoms with van der Waals surface area (Å²) in [7, 11) is 0. The molecule has 2 heterocycles. The zero-order valence-corrected chi connectivity index (χ0v) is 14.8. The van der Waals surface area contributed by atoms with Gasteiger partial charge < -0.3 is 10.1 Å². The van der Waals surface area contributed by atoms with E-state index in [4.69, 9.17) is 4.74 Å². The minimum atomic E-state index is -4.81. The normalized spacial score (nSPS) is 14.1. The second kappa shape index (κ2) is 6.78. The van der Waals surface area contributed by atoms with Gasteiger partial charge in [-0.1, -0.05) is 6.07 Å². The summed E-state index contributed by atoms with van der Waals surface area (Å²) in [5, 5.41) is 6.01. The highest BCUT2D eigenvalue weighted by Crippen LogP contribution is 2.37. The summed E-state index contributed by atoms with van der Waals surface area (Å²) in [6.45, 7) is -0.202. The number of hydrogen-bond donors (Lipinski definition) is 1. The van der Waals surface area contributed by atoms with Crippen molar-refractivity contribution in [1.29, 1.82) is 0 Å². The summed E-state index contributed by atoms with van der Waals surface area (Å²) >= 11 is 0. The summed E-state index contributed by atoms with van der Waals surface area (Å²) in [5.74, 6) is -0.124. The maximum Gasteiger partial charge on any atom is 0.435 e. The van der Waals surface area contributed by atoms with E-state index in [1.165, 1.54) is 24.3 Å². The number of hydrogen-bond acceptors (Lipinski definition) is 3. The van der Waals surface area contributed by atoms with Crippen LogP contribution in [-0.2, 0) is 17.1 Å². The number of rotatable bonds is 2. The number of anilines is 1. The van der Waals surface area contributed by atoms with E-state index in [-0.39, 0.29) is 29.2 Å². The molecule has 1 aliphatic rings. The van der Waals surface area contributed by atoms with Crippen molar-refractivity contribution < 1.29 is 35.9 Å². The number of amides is 1. The number of nitrogens with zero attached hydrogens (tertiary/aromatic N) is 2. The molecule has 1 amide bonds. The topological polar surface area (TPSA) is 56.1 Å². The predicted molar refractivity (Wildman–Crippen MR) is 93.1 cm³/mol. The molecule has 156 valence electrons. The Morgan fingerprint density at radius 3 is 2.43 bits per heavy atom. The number of benzene rings is 2. The quantitative estimate of drug-likeness (QED) is 0.592. The summed E-state index contributed by atoms with van der Waals surface area (Å²) in [4.78, 5) is 11.5. The molecule has 0 unspecified atom stereocenters. The number of aromatic nitrogens is 2. The molecule has 1 aromatic heterocycles. The van der Waals surface area contributed by atoms with Gasteiger partial charge in [0.1, 0.15) is 5.75 Å². The van der Waals surface area contributed by atoms with Crippen LogP contribution in [0.25, 0.3) is 16.9 Å². The maximum absolute atomic E-state index is 13.3. The van der Waals surface area contributed by atoms with Gasteiger partial charge in [-0.15, -0.1) is 0 Å². The van der Waals surface area contributed by atoms with Crippen LogP contribution in [0.4, 0.5) is 32.0 Å². The third-order valence-electron chi connectivity index (χ3n) is 4.33. The Bertz CT molecular complexity index is 1130. The fraction of sp³-hybridized carbons (Fsp3) is 0.158. The third kappa shape index (κ3) is 3.70. The van der Waals surface area contributed by atoms with E-state index in [0.717, 1.165) is 22.9 Å². The first-order valence-corrected chi connectivity index (χ1v) is 8.44. The molecule has 0 saturated carbocycles. The highest BCUT2D eigenvalue weighted by molar-refractivity contribution is 5.96. The average molecular weight is 427 g/mol. The first-order valence-electron chi connectivity index (χ1n) is 8.44. The molecule has 0 saturated heterocycles. The van der Waals surface area contributed by atoms with Crippen molar-refractivity contribution in [1.82, 2.24) is 9.78 Å².